The normalized spacial score (nSPS) is 20.7. The maximum atomic E-state index is 4.90. The van der Waals surface area contributed by atoms with E-state index in [9.17, 15) is 0 Å². The first-order chi connectivity index (χ1) is 8.35. The van der Waals surface area contributed by atoms with Gasteiger partial charge in [-0.05, 0) is 32.1 Å². The van der Waals surface area contributed by atoms with E-state index in [1.165, 1.54) is 47.0 Å². The van der Waals surface area contributed by atoms with Gasteiger partial charge in [-0.3, -0.25) is 0 Å². The summed E-state index contributed by atoms with van der Waals surface area (Å²) in [7, 11) is 2.02. The Morgan fingerprint density at radius 2 is 2.29 bits per heavy atom. The molecule has 1 aromatic heterocycles. The second-order valence-corrected chi connectivity index (χ2v) is 6.98. The third-order valence-electron chi connectivity index (χ3n) is 3.07. The van der Waals surface area contributed by atoms with Gasteiger partial charge in [0.15, 0.2) is 0 Å². The number of thiazole rings is 1. The predicted octanol–water partition coefficient (Wildman–Crippen LogP) is 3.77. The number of hydrogen-bond donors (Lipinski definition) is 1. The molecule has 0 aliphatic carbocycles. The number of hydrogen-bond acceptors (Lipinski definition) is 4. The maximum Gasteiger partial charge on any atom is 0.106 e. The van der Waals surface area contributed by atoms with Crippen LogP contribution in [0.15, 0.2) is 0 Å². The summed E-state index contributed by atoms with van der Waals surface area (Å²) in [5.41, 5.74) is 1.34. The fourth-order valence-electron chi connectivity index (χ4n) is 2.21. The van der Waals surface area contributed by atoms with Gasteiger partial charge in [0, 0.05) is 11.4 Å². The SMILES string of the molecule is CCCc1nc(C2CCCCS2)sc1CNC. The molecule has 0 saturated carbocycles. The summed E-state index contributed by atoms with van der Waals surface area (Å²) < 4.78 is 0. The number of aromatic nitrogens is 1. The first-order valence-electron chi connectivity index (χ1n) is 6.59. The van der Waals surface area contributed by atoms with Crippen LogP contribution >= 0.6 is 23.1 Å². The molecule has 2 rings (SSSR count). The van der Waals surface area contributed by atoms with Crippen molar-refractivity contribution in [2.45, 2.75) is 50.8 Å². The van der Waals surface area contributed by atoms with Gasteiger partial charge in [0.25, 0.3) is 0 Å². The van der Waals surface area contributed by atoms with E-state index in [4.69, 9.17) is 4.98 Å². The highest BCUT2D eigenvalue weighted by Gasteiger charge is 2.21. The molecule has 1 N–H and O–H groups in total. The lowest BCUT2D eigenvalue weighted by atomic mass is 10.2. The summed E-state index contributed by atoms with van der Waals surface area (Å²) in [6.07, 6.45) is 6.41. The van der Waals surface area contributed by atoms with Crippen LogP contribution in [0.3, 0.4) is 0 Å². The average molecular weight is 270 g/mol. The Hall–Kier alpha value is -0.0600. The fraction of sp³-hybridized carbons (Fsp3) is 0.769. The second-order valence-electron chi connectivity index (χ2n) is 4.56. The number of thioether (sulfide) groups is 1. The minimum Gasteiger partial charge on any atom is -0.315 e. The summed E-state index contributed by atoms with van der Waals surface area (Å²) >= 11 is 4.04. The van der Waals surface area contributed by atoms with Crippen molar-refractivity contribution in [3.63, 3.8) is 0 Å². The zero-order valence-electron chi connectivity index (χ0n) is 10.8. The molecule has 1 aliphatic rings. The zero-order valence-corrected chi connectivity index (χ0v) is 12.4. The Kier molecular flexibility index (Phi) is 5.32. The molecule has 1 unspecified atom stereocenters. The molecule has 17 heavy (non-hydrogen) atoms. The predicted molar refractivity (Wildman–Crippen MR) is 77.9 cm³/mol. The Morgan fingerprint density at radius 3 is 2.94 bits per heavy atom. The molecule has 1 atom stereocenters. The van der Waals surface area contributed by atoms with E-state index in [2.05, 4.69) is 24.0 Å². The molecule has 0 aromatic carbocycles. The molecular weight excluding hydrogens is 248 g/mol. The molecule has 1 fully saturated rings. The number of rotatable bonds is 5. The Bertz CT molecular complexity index is 320. The smallest absolute Gasteiger partial charge is 0.106 e. The van der Waals surface area contributed by atoms with Gasteiger partial charge in [0.2, 0.25) is 0 Å². The Labute approximate surface area is 113 Å². The van der Waals surface area contributed by atoms with E-state index in [1.807, 2.05) is 18.4 Å². The van der Waals surface area contributed by atoms with Gasteiger partial charge < -0.3 is 5.32 Å². The van der Waals surface area contributed by atoms with Crippen LogP contribution in [0.2, 0.25) is 0 Å². The second kappa shape index (κ2) is 6.76. The molecule has 1 aromatic rings. The molecule has 96 valence electrons. The van der Waals surface area contributed by atoms with Crippen LogP contribution in [-0.4, -0.2) is 17.8 Å². The highest BCUT2D eigenvalue weighted by Crippen LogP contribution is 2.40. The lowest BCUT2D eigenvalue weighted by Gasteiger charge is -2.18. The molecule has 0 amide bonds. The van der Waals surface area contributed by atoms with Crippen molar-refractivity contribution in [2.24, 2.45) is 0 Å². The third kappa shape index (κ3) is 3.46. The standard InChI is InChI=1S/C13H22N2S2/c1-3-6-10-12(9-14-2)17-13(15-10)11-7-4-5-8-16-11/h11,14H,3-9H2,1-2H3. The van der Waals surface area contributed by atoms with Crippen LogP contribution in [0.25, 0.3) is 0 Å². The van der Waals surface area contributed by atoms with E-state index in [1.54, 1.807) is 0 Å². The molecule has 2 nitrogen and oxygen atoms in total. The van der Waals surface area contributed by atoms with E-state index < -0.39 is 0 Å². The van der Waals surface area contributed by atoms with Crippen molar-refractivity contribution >= 4 is 23.1 Å². The molecular formula is C13H22N2S2. The molecule has 0 spiro atoms. The topological polar surface area (TPSA) is 24.9 Å². The first kappa shape index (κ1) is 13.4. The highest BCUT2D eigenvalue weighted by molar-refractivity contribution is 7.99. The lowest BCUT2D eigenvalue weighted by molar-refractivity contribution is 0.681. The van der Waals surface area contributed by atoms with Gasteiger partial charge >= 0.3 is 0 Å². The number of nitrogens with zero attached hydrogens (tertiary/aromatic N) is 1. The molecule has 4 heteroatoms. The number of nitrogens with one attached hydrogen (secondary N) is 1. The minimum absolute atomic E-state index is 0.676. The van der Waals surface area contributed by atoms with E-state index in [-0.39, 0.29) is 0 Å². The summed E-state index contributed by atoms with van der Waals surface area (Å²) in [4.78, 5) is 6.35. The van der Waals surface area contributed by atoms with Gasteiger partial charge in [-0.1, -0.05) is 19.8 Å². The van der Waals surface area contributed by atoms with Crippen LogP contribution in [0.1, 0.15) is 53.4 Å². The van der Waals surface area contributed by atoms with Crippen LogP contribution in [0.4, 0.5) is 0 Å². The quantitative estimate of drug-likeness (QED) is 0.881. The lowest BCUT2D eigenvalue weighted by Crippen LogP contribution is -2.05. The summed E-state index contributed by atoms with van der Waals surface area (Å²) in [6.45, 7) is 3.21. The van der Waals surface area contributed by atoms with Crippen LogP contribution in [0.5, 0.6) is 0 Å². The Morgan fingerprint density at radius 1 is 1.41 bits per heavy atom. The molecule has 1 saturated heterocycles. The van der Waals surface area contributed by atoms with Gasteiger partial charge in [-0.25, -0.2) is 4.98 Å². The monoisotopic (exact) mass is 270 g/mol. The van der Waals surface area contributed by atoms with Crippen molar-refractivity contribution in [1.82, 2.24) is 10.3 Å². The van der Waals surface area contributed by atoms with E-state index in [0.717, 1.165) is 13.0 Å². The van der Waals surface area contributed by atoms with E-state index >= 15 is 0 Å². The average Bonchev–Trinajstić information content (AvgIpc) is 2.75. The van der Waals surface area contributed by atoms with Gasteiger partial charge in [-0.15, -0.1) is 11.3 Å². The van der Waals surface area contributed by atoms with Crippen LogP contribution in [0, 0.1) is 0 Å². The van der Waals surface area contributed by atoms with E-state index in [0.29, 0.717) is 5.25 Å². The van der Waals surface area contributed by atoms with Crippen molar-refractivity contribution < 1.29 is 0 Å². The maximum absolute atomic E-state index is 4.90. The summed E-state index contributed by atoms with van der Waals surface area (Å²) in [5, 5.41) is 5.32. The molecule has 0 bridgehead atoms. The third-order valence-corrected chi connectivity index (χ3v) is 5.82. The zero-order chi connectivity index (χ0) is 12.1. The molecule has 2 heterocycles. The fourth-order valence-corrected chi connectivity index (χ4v) is 4.88. The van der Waals surface area contributed by atoms with Crippen molar-refractivity contribution in [3.8, 4) is 0 Å². The molecule has 0 radical (unpaired) electrons. The van der Waals surface area contributed by atoms with Crippen LogP contribution in [-0.2, 0) is 13.0 Å². The highest BCUT2D eigenvalue weighted by atomic mass is 32.2. The summed E-state index contributed by atoms with van der Waals surface area (Å²) in [5.74, 6) is 1.31. The Balaban J connectivity index is 2.13. The van der Waals surface area contributed by atoms with Crippen molar-refractivity contribution in [1.29, 1.82) is 0 Å². The molecule has 1 aliphatic heterocycles. The summed E-state index contributed by atoms with van der Waals surface area (Å²) in [6, 6.07) is 0. The van der Waals surface area contributed by atoms with Gasteiger partial charge in [0.05, 0.1) is 10.9 Å². The van der Waals surface area contributed by atoms with Crippen LogP contribution < -0.4 is 5.32 Å². The first-order valence-corrected chi connectivity index (χ1v) is 8.46. The van der Waals surface area contributed by atoms with Crippen molar-refractivity contribution in [2.75, 3.05) is 12.8 Å². The van der Waals surface area contributed by atoms with Gasteiger partial charge in [0.1, 0.15) is 5.01 Å². The van der Waals surface area contributed by atoms with Gasteiger partial charge in [-0.2, -0.15) is 11.8 Å². The minimum atomic E-state index is 0.676. The van der Waals surface area contributed by atoms with Crippen molar-refractivity contribution in [3.05, 3.63) is 15.6 Å². The largest absolute Gasteiger partial charge is 0.315 e. The number of aryl methyl sites for hydroxylation is 1.